The van der Waals surface area contributed by atoms with E-state index in [0.717, 1.165) is 5.56 Å². The third kappa shape index (κ3) is 4.41. The number of nitrogens with zero attached hydrogens (tertiary/aromatic N) is 1. The van der Waals surface area contributed by atoms with E-state index in [1.165, 1.54) is 19.9 Å². The fourth-order valence-electron chi connectivity index (χ4n) is 2.58. The molecule has 0 aromatic heterocycles. The van der Waals surface area contributed by atoms with Crippen LogP contribution in [0.25, 0.3) is 6.08 Å². The van der Waals surface area contributed by atoms with Gasteiger partial charge in [-0.25, -0.2) is 9.59 Å². The quantitative estimate of drug-likeness (QED) is 0.402. The summed E-state index contributed by atoms with van der Waals surface area (Å²) in [5.41, 5.74) is 1.75. The lowest BCUT2D eigenvalue weighted by atomic mass is 10.1. The molecule has 1 heterocycles. The van der Waals surface area contributed by atoms with Crippen LogP contribution in [-0.2, 0) is 25.7 Å². The van der Waals surface area contributed by atoms with Gasteiger partial charge in [0.15, 0.2) is 0 Å². The van der Waals surface area contributed by atoms with Gasteiger partial charge in [-0.1, -0.05) is 24.3 Å². The van der Waals surface area contributed by atoms with Crippen molar-refractivity contribution in [1.29, 1.82) is 5.26 Å². The molecule has 2 aromatic rings. The Hall–Kier alpha value is -3.11. The maximum atomic E-state index is 12.0. The summed E-state index contributed by atoms with van der Waals surface area (Å²) in [5.74, 6) is -2.18. The maximum absolute atomic E-state index is 12.0. The molecule has 0 aliphatic carbocycles. The van der Waals surface area contributed by atoms with Crippen LogP contribution in [0.1, 0.15) is 30.5 Å². The van der Waals surface area contributed by atoms with Crippen molar-refractivity contribution < 1.29 is 23.8 Å². The number of hydrogen-bond donors (Lipinski definition) is 0. The predicted octanol–water partition coefficient (Wildman–Crippen LogP) is 4.12. The van der Waals surface area contributed by atoms with Crippen molar-refractivity contribution in [2.45, 2.75) is 26.2 Å². The summed E-state index contributed by atoms with van der Waals surface area (Å²) in [5, 5.41) is 9.14. The van der Waals surface area contributed by atoms with Crippen molar-refractivity contribution in [3.8, 4) is 11.8 Å². The fraction of sp³-hybridized carbons (Fsp3) is 0.190. The lowest BCUT2D eigenvalue weighted by molar-refractivity contribution is -0.222. The van der Waals surface area contributed by atoms with Crippen LogP contribution in [0, 0.1) is 11.3 Å². The number of esters is 2. The first-order chi connectivity index (χ1) is 13.3. The zero-order valence-electron chi connectivity index (χ0n) is 15.2. The Morgan fingerprint density at radius 2 is 1.82 bits per heavy atom. The van der Waals surface area contributed by atoms with E-state index in [2.05, 4.69) is 22.0 Å². The summed E-state index contributed by atoms with van der Waals surface area (Å²) in [6.07, 6.45) is 1.40. The van der Waals surface area contributed by atoms with Crippen LogP contribution >= 0.6 is 15.9 Å². The van der Waals surface area contributed by atoms with Gasteiger partial charge in [-0.3, -0.25) is 0 Å². The first-order valence-corrected chi connectivity index (χ1v) is 9.17. The van der Waals surface area contributed by atoms with Gasteiger partial charge in [-0.05, 0) is 45.8 Å². The highest BCUT2D eigenvalue weighted by atomic mass is 79.9. The molecule has 0 bridgehead atoms. The highest BCUT2D eigenvalue weighted by Gasteiger charge is 2.38. The number of cyclic esters (lactones) is 2. The molecule has 3 rings (SSSR count). The van der Waals surface area contributed by atoms with E-state index in [1.54, 1.807) is 30.3 Å². The third-order valence-corrected chi connectivity index (χ3v) is 4.52. The van der Waals surface area contributed by atoms with Gasteiger partial charge in [-0.15, -0.1) is 0 Å². The minimum absolute atomic E-state index is 0.178. The van der Waals surface area contributed by atoms with Crippen molar-refractivity contribution in [2.24, 2.45) is 0 Å². The van der Waals surface area contributed by atoms with Crippen LogP contribution in [0.15, 0.2) is 52.5 Å². The first-order valence-electron chi connectivity index (χ1n) is 8.38. The number of carbonyl (C=O) groups is 2. The zero-order chi connectivity index (χ0) is 20.3. The third-order valence-electron chi connectivity index (χ3n) is 3.90. The molecule has 1 fully saturated rings. The first kappa shape index (κ1) is 19.6. The van der Waals surface area contributed by atoms with Crippen LogP contribution in [0.3, 0.4) is 0 Å². The second-order valence-electron chi connectivity index (χ2n) is 6.48. The molecule has 142 valence electrons. The van der Waals surface area contributed by atoms with Crippen LogP contribution in [-0.4, -0.2) is 17.7 Å². The molecular formula is C21H16BrNO5. The second kappa shape index (κ2) is 7.87. The molecule has 0 radical (unpaired) electrons. The predicted molar refractivity (Wildman–Crippen MR) is 104 cm³/mol. The molecule has 28 heavy (non-hydrogen) atoms. The van der Waals surface area contributed by atoms with Crippen molar-refractivity contribution in [3.05, 3.63) is 69.2 Å². The van der Waals surface area contributed by atoms with Crippen LogP contribution < -0.4 is 4.74 Å². The van der Waals surface area contributed by atoms with E-state index < -0.39 is 17.7 Å². The number of hydrogen-bond acceptors (Lipinski definition) is 6. The molecule has 1 saturated heterocycles. The van der Waals surface area contributed by atoms with E-state index in [4.69, 9.17) is 19.5 Å². The average molecular weight is 442 g/mol. The number of rotatable bonds is 4. The summed E-state index contributed by atoms with van der Waals surface area (Å²) in [7, 11) is 0. The average Bonchev–Trinajstić information content (AvgIpc) is 2.63. The summed E-state index contributed by atoms with van der Waals surface area (Å²) in [6, 6.07) is 14.4. The standard InChI is InChI=1S/C21H16BrNO5/c1-21(2)27-19(24)16(20(25)28-21)9-13-7-8-18(17(22)10-13)26-12-15-6-4-3-5-14(15)11-23/h3-10H,12H2,1-2H3. The summed E-state index contributed by atoms with van der Waals surface area (Å²) in [4.78, 5) is 24.1. The van der Waals surface area contributed by atoms with Crippen molar-refractivity contribution >= 4 is 33.9 Å². The summed E-state index contributed by atoms with van der Waals surface area (Å²) in [6.45, 7) is 3.22. The molecule has 0 N–H and O–H groups in total. The molecule has 1 aliphatic heterocycles. The van der Waals surface area contributed by atoms with E-state index in [0.29, 0.717) is 21.3 Å². The highest BCUT2D eigenvalue weighted by molar-refractivity contribution is 9.10. The summed E-state index contributed by atoms with van der Waals surface area (Å²) < 4.78 is 16.6. The van der Waals surface area contributed by atoms with Crippen LogP contribution in [0.4, 0.5) is 0 Å². The highest BCUT2D eigenvalue weighted by Crippen LogP contribution is 2.29. The number of carbonyl (C=O) groups excluding carboxylic acids is 2. The van der Waals surface area contributed by atoms with Gasteiger partial charge in [-0.2, -0.15) is 5.26 Å². The topological polar surface area (TPSA) is 85.6 Å². The lowest BCUT2D eigenvalue weighted by Gasteiger charge is -2.29. The van der Waals surface area contributed by atoms with E-state index in [9.17, 15) is 9.59 Å². The van der Waals surface area contributed by atoms with Gasteiger partial charge < -0.3 is 14.2 Å². The SMILES string of the molecule is CC1(C)OC(=O)C(=Cc2ccc(OCc3ccccc3C#N)c(Br)c2)C(=O)O1. The van der Waals surface area contributed by atoms with Crippen LogP contribution in [0.2, 0.25) is 0 Å². The largest absolute Gasteiger partial charge is 0.488 e. The Bertz CT molecular complexity index is 998. The molecule has 0 saturated carbocycles. The summed E-state index contributed by atoms with van der Waals surface area (Å²) >= 11 is 3.42. The molecule has 0 spiro atoms. The maximum Gasteiger partial charge on any atom is 0.348 e. The van der Waals surface area contributed by atoms with Gasteiger partial charge in [0.2, 0.25) is 0 Å². The normalized spacial score (nSPS) is 15.3. The monoisotopic (exact) mass is 441 g/mol. The molecule has 1 aliphatic rings. The molecule has 7 heteroatoms. The van der Waals surface area contributed by atoms with E-state index in [-0.39, 0.29) is 12.2 Å². The van der Waals surface area contributed by atoms with Gasteiger partial charge in [0.25, 0.3) is 5.79 Å². The smallest absolute Gasteiger partial charge is 0.348 e. The molecule has 0 unspecified atom stereocenters. The number of ether oxygens (including phenoxy) is 3. The Morgan fingerprint density at radius 1 is 1.14 bits per heavy atom. The molecule has 0 amide bonds. The second-order valence-corrected chi connectivity index (χ2v) is 7.34. The molecular weight excluding hydrogens is 426 g/mol. The molecule has 6 nitrogen and oxygen atoms in total. The lowest BCUT2D eigenvalue weighted by Crippen LogP contribution is -2.41. The van der Waals surface area contributed by atoms with Crippen LogP contribution in [0.5, 0.6) is 5.75 Å². The zero-order valence-corrected chi connectivity index (χ0v) is 16.8. The van der Waals surface area contributed by atoms with Crippen molar-refractivity contribution in [1.82, 2.24) is 0 Å². The number of benzene rings is 2. The molecule has 0 atom stereocenters. The number of halogens is 1. The molecule has 2 aromatic carbocycles. The minimum Gasteiger partial charge on any atom is -0.488 e. The van der Waals surface area contributed by atoms with Gasteiger partial charge >= 0.3 is 11.9 Å². The number of nitriles is 1. The van der Waals surface area contributed by atoms with E-state index in [1.807, 2.05) is 12.1 Å². The Balaban J connectivity index is 1.77. The Morgan fingerprint density at radius 3 is 2.46 bits per heavy atom. The Kier molecular flexibility index (Phi) is 5.52. The van der Waals surface area contributed by atoms with E-state index >= 15 is 0 Å². The van der Waals surface area contributed by atoms with Gasteiger partial charge in [0.1, 0.15) is 17.9 Å². The van der Waals surface area contributed by atoms with Crippen molar-refractivity contribution in [2.75, 3.05) is 0 Å². The minimum atomic E-state index is -1.27. The Labute approximate surface area is 170 Å². The van der Waals surface area contributed by atoms with Gasteiger partial charge in [0.05, 0.1) is 16.1 Å². The van der Waals surface area contributed by atoms with Crippen molar-refractivity contribution in [3.63, 3.8) is 0 Å². The fourth-order valence-corrected chi connectivity index (χ4v) is 3.09. The van der Waals surface area contributed by atoms with Gasteiger partial charge in [0, 0.05) is 19.4 Å².